The average molecular weight is 287 g/mol. The summed E-state index contributed by atoms with van der Waals surface area (Å²) in [6.07, 6.45) is 8.17. The fraction of sp³-hybridized carbons (Fsp3) is 0.238. The Kier molecular flexibility index (Phi) is 3.34. The van der Waals surface area contributed by atoms with Gasteiger partial charge in [0.05, 0.1) is 0 Å². The number of fused-ring (bicyclic) bond motifs is 1. The van der Waals surface area contributed by atoms with E-state index >= 15 is 0 Å². The van der Waals surface area contributed by atoms with E-state index in [1.54, 1.807) is 5.57 Å². The summed E-state index contributed by atoms with van der Waals surface area (Å²) >= 11 is 0. The van der Waals surface area contributed by atoms with Crippen molar-refractivity contribution >= 4 is 11.4 Å². The van der Waals surface area contributed by atoms with Gasteiger partial charge in [-0.25, -0.2) is 0 Å². The quantitative estimate of drug-likeness (QED) is 0.658. The molecule has 1 aliphatic carbocycles. The Morgan fingerprint density at radius 2 is 1.68 bits per heavy atom. The Bertz CT molecular complexity index is 740. The first-order valence-corrected chi connectivity index (χ1v) is 8.16. The van der Waals surface area contributed by atoms with Crippen LogP contribution in [0.25, 0.3) is 0 Å². The Labute approximate surface area is 132 Å². The van der Waals surface area contributed by atoms with Crippen molar-refractivity contribution in [3.05, 3.63) is 83.6 Å². The maximum atomic E-state index is 2.44. The molecule has 0 bridgehead atoms. The first-order chi connectivity index (χ1) is 10.8. The number of para-hydroxylation sites is 2. The summed E-state index contributed by atoms with van der Waals surface area (Å²) in [6, 6.07) is 19.6. The maximum Gasteiger partial charge on any atom is 0.0493 e. The van der Waals surface area contributed by atoms with Crippen LogP contribution < -0.4 is 4.90 Å². The zero-order chi connectivity index (χ0) is 14.9. The summed E-state index contributed by atoms with van der Waals surface area (Å²) in [5.74, 6) is 0.651. The van der Waals surface area contributed by atoms with Crippen LogP contribution in [0.3, 0.4) is 0 Å². The van der Waals surface area contributed by atoms with Gasteiger partial charge in [-0.05, 0) is 60.6 Å². The Morgan fingerprint density at radius 3 is 2.55 bits per heavy atom. The first-order valence-electron chi connectivity index (χ1n) is 8.16. The highest BCUT2D eigenvalue weighted by Gasteiger charge is 2.25. The van der Waals surface area contributed by atoms with E-state index in [-0.39, 0.29) is 0 Å². The number of aryl methyl sites for hydroxylation is 1. The van der Waals surface area contributed by atoms with Crippen LogP contribution >= 0.6 is 0 Å². The van der Waals surface area contributed by atoms with Crippen molar-refractivity contribution in [3.8, 4) is 0 Å². The Morgan fingerprint density at radius 1 is 0.909 bits per heavy atom. The van der Waals surface area contributed by atoms with Crippen molar-refractivity contribution < 1.29 is 0 Å². The minimum atomic E-state index is 0.651. The molecular formula is C21H21N. The summed E-state index contributed by atoms with van der Waals surface area (Å²) in [6.45, 7) is 2.31. The molecular weight excluding hydrogens is 266 g/mol. The summed E-state index contributed by atoms with van der Waals surface area (Å²) in [5, 5.41) is 0. The highest BCUT2D eigenvalue weighted by atomic mass is 15.2. The van der Waals surface area contributed by atoms with Crippen LogP contribution in [0.2, 0.25) is 0 Å². The van der Waals surface area contributed by atoms with Crippen LogP contribution in [-0.4, -0.2) is 0 Å². The summed E-state index contributed by atoms with van der Waals surface area (Å²) in [4.78, 5) is 2.44. The number of rotatable bonds is 1. The Balaban J connectivity index is 1.91. The molecule has 2 aliphatic rings. The van der Waals surface area contributed by atoms with Crippen molar-refractivity contribution in [2.24, 2.45) is 5.92 Å². The molecule has 4 rings (SSSR count). The summed E-state index contributed by atoms with van der Waals surface area (Å²) < 4.78 is 0. The predicted molar refractivity (Wildman–Crippen MR) is 93.3 cm³/mol. The van der Waals surface area contributed by atoms with E-state index in [1.165, 1.54) is 35.5 Å². The second kappa shape index (κ2) is 5.49. The minimum Gasteiger partial charge on any atom is -0.310 e. The smallest absolute Gasteiger partial charge is 0.0493 e. The standard InChI is InChI=1S/C21H21N/c1-16-11-14-21-18(15-16)13-12-17-7-5-6-10-20(17)22(21)19-8-3-2-4-9-19/h2-11,14,16H,12-13,15H2,1H3. The van der Waals surface area contributed by atoms with Gasteiger partial charge in [0.15, 0.2) is 0 Å². The number of hydrogen-bond donors (Lipinski definition) is 0. The van der Waals surface area contributed by atoms with Crippen molar-refractivity contribution in [1.82, 2.24) is 0 Å². The SMILES string of the molecule is CC1C=CC2=C(CCc3ccccc3N2c2ccccc2)C1. The topological polar surface area (TPSA) is 3.24 Å². The lowest BCUT2D eigenvalue weighted by Gasteiger charge is -2.30. The van der Waals surface area contributed by atoms with Crippen LogP contribution in [0.4, 0.5) is 11.4 Å². The van der Waals surface area contributed by atoms with E-state index in [0.29, 0.717) is 5.92 Å². The van der Waals surface area contributed by atoms with Crippen molar-refractivity contribution in [2.45, 2.75) is 26.2 Å². The second-order valence-electron chi connectivity index (χ2n) is 6.33. The van der Waals surface area contributed by atoms with E-state index in [2.05, 4.69) is 78.6 Å². The van der Waals surface area contributed by atoms with Gasteiger partial charge in [0, 0.05) is 17.1 Å². The fourth-order valence-corrected chi connectivity index (χ4v) is 3.61. The summed E-state index contributed by atoms with van der Waals surface area (Å²) in [5.41, 5.74) is 7.01. The van der Waals surface area contributed by atoms with E-state index in [9.17, 15) is 0 Å². The van der Waals surface area contributed by atoms with Crippen LogP contribution in [-0.2, 0) is 6.42 Å². The molecule has 0 saturated heterocycles. The molecule has 0 N–H and O–H groups in total. The number of anilines is 2. The summed E-state index contributed by atoms with van der Waals surface area (Å²) in [7, 11) is 0. The third kappa shape index (κ3) is 2.27. The van der Waals surface area contributed by atoms with Gasteiger partial charge in [-0.3, -0.25) is 0 Å². The van der Waals surface area contributed by atoms with Crippen LogP contribution in [0.1, 0.15) is 25.3 Å². The maximum absolute atomic E-state index is 2.44. The molecule has 1 heterocycles. The molecule has 0 amide bonds. The molecule has 0 spiro atoms. The van der Waals surface area contributed by atoms with Crippen LogP contribution in [0.5, 0.6) is 0 Å². The van der Waals surface area contributed by atoms with Gasteiger partial charge < -0.3 is 4.90 Å². The lowest BCUT2D eigenvalue weighted by molar-refractivity contribution is 0.671. The van der Waals surface area contributed by atoms with Crippen molar-refractivity contribution in [3.63, 3.8) is 0 Å². The zero-order valence-electron chi connectivity index (χ0n) is 13.0. The lowest BCUT2D eigenvalue weighted by Crippen LogP contribution is -2.19. The number of benzene rings is 2. The molecule has 2 aromatic carbocycles. The molecule has 1 aliphatic heterocycles. The van der Waals surface area contributed by atoms with E-state index < -0.39 is 0 Å². The van der Waals surface area contributed by atoms with E-state index in [0.717, 1.165) is 6.42 Å². The lowest BCUT2D eigenvalue weighted by atomic mass is 9.90. The van der Waals surface area contributed by atoms with Crippen molar-refractivity contribution in [2.75, 3.05) is 4.90 Å². The van der Waals surface area contributed by atoms with Crippen molar-refractivity contribution in [1.29, 1.82) is 0 Å². The molecule has 110 valence electrons. The molecule has 1 atom stereocenters. The molecule has 1 heteroatoms. The van der Waals surface area contributed by atoms with Gasteiger partial charge in [0.25, 0.3) is 0 Å². The van der Waals surface area contributed by atoms with Gasteiger partial charge in [-0.15, -0.1) is 0 Å². The second-order valence-corrected chi connectivity index (χ2v) is 6.33. The number of nitrogens with zero attached hydrogens (tertiary/aromatic N) is 1. The minimum absolute atomic E-state index is 0.651. The molecule has 22 heavy (non-hydrogen) atoms. The molecule has 1 unspecified atom stereocenters. The monoisotopic (exact) mass is 287 g/mol. The third-order valence-electron chi connectivity index (χ3n) is 4.70. The molecule has 0 fully saturated rings. The van der Waals surface area contributed by atoms with Crippen LogP contribution in [0.15, 0.2) is 78.0 Å². The van der Waals surface area contributed by atoms with Gasteiger partial charge >= 0.3 is 0 Å². The molecule has 0 saturated carbocycles. The first kappa shape index (κ1) is 13.4. The average Bonchev–Trinajstić information content (AvgIpc) is 2.72. The highest BCUT2D eigenvalue weighted by Crippen LogP contribution is 2.41. The largest absolute Gasteiger partial charge is 0.310 e. The normalized spacial score (nSPS) is 20.4. The fourth-order valence-electron chi connectivity index (χ4n) is 3.61. The van der Waals surface area contributed by atoms with Crippen LogP contribution in [0, 0.1) is 5.92 Å². The molecule has 0 aromatic heterocycles. The highest BCUT2D eigenvalue weighted by molar-refractivity contribution is 5.74. The van der Waals surface area contributed by atoms with E-state index in [4.69, 9.17) is 0 Å². The van der Waals surface area contributed by atoms with Gasteiger partial charge in [-0.2, -0.15) is 0 Å². The van der Waals surface area contributed by atoms with Gasteiger partial charge in [0.1, 0.15) is 0 Å². The molecule has 2 aromatic rings. The zero-order valence-corrected chi connectivity index (χ0v) is 13.0. The third-order valence-corrected chi connectivity index (χ3v) is 4.70. The van der Waals surface area contributed by atoms with Gasteiger partial charge in [0.2, 0.25) is 0 Å². The number of allylic oxidation sites excluding steroid dienone is 3. The number of hydrogen-bond acceptors (Lipinski definition) is 1. The predicted octanol–water partition coefficient (Wildman–Crippen LogP) is 5.62. The Hall–Kier alpha value is -2.28. The van der Waals surface area contributed by atoms with Gasteiger partial charge in [-0.1, -0.05) is 49.4 Å². The molecule has 0 radical (unpaired) electrons. The van der Waals surface area contributed by atoms with E-state index in [1.807, 2.05) is 0 Å². The molecule has 1 nitrogen and oxygen atoms in total.